The van der Waals surface area contributed by atoms with Gasteiger partial charge in [-0.3, -0.25) is 0 Å². The standard InChI is InChI=1S/C48H31N3S/c1-3-14-32(15-4-1)50-42-22-11-8-20-39(42)48-43(23-13-24-44(48)50)49(34-27-29-47-40(30-34)38-19-9-12-25-46(38)52-47)35-26-28-37-36-18-7-10-21-41(36)51(45(37)31-35)33-16-5-2-6-17-33/h1-31H. The molecule has 3 aromatic heterocycles. The minimum Gasteiger partial charge on any atom is -0.310 e. The number of hydrogen-bond acceptors (Lipinski definition) is 2. The molecule has 0 radical (unpaired) electrons. The van der Waals surface area contributed by atoms with E-state index in [4.69, 9.17) is 0 Å². The van der Waals surface area contributed by atoms with Gasteiger partial charge in [-0.15, -0.1) is 11.3 Å². The van der Waals surface area contributed by atoms with Crippen LogP contribution in [-0.2, 0) is 0 Å². The van der Waals surface area contributed by atoms with Crippen LogP contribution in [0.15, 0.2) is 188 Å². The van der Waals surface area contributed by atoms with Crippen molar-refractivity contribution in [3.8, 4) is 11.4 Å². The molecular weight excluding hydrogens is 651 g/mol. The highest BCUT2D eigenvalue weighted by molar-refractivity contribution is 7.25. The SMILES string of the molecule is c1ccc(-n2c3ccccc3c3ccc(N(c4ccc5sc6ccccc6c5c4)c4cccc5c4c4ccccc4n5-c4ccccc4)cc32)cc1. The number of hydrogen-bond donors (Lipinski definition) is 0. The van der Waals surface area contributed by atoms with E-state index in [-0.39, 0.29) is 0 Å². The summed E-state index contributed by atoms with van der Waals surface area (Å²) in [5.74, 6) is 0. The molecule has 52 heavy (non-hydrogen) atoms. The lowest BCUT2D eigenvalue weighted by Crippen LogP contribution is -2.10. The van der Waals surface area contributed by atoms with Crippen LogP contribution in [-0.4, -0.2) is 9.13 Å². The minimum absolute atomic E-state index is 1.11. The van der Waals surface area contributed by atoms with Crippen molar-refractivity contribution >= 4 is 92.2 Å². The summed E-state index contributed by atoms with van der Waals surface area (Å²) in [5, 5.41) is 7.51. The monoisotopic (exact) mass is 681 g/mol. The number of nitrogens with zero attached hydrogens (tertiary/aromatic N) is 3. The fourth-order valence-electron chi connectivity index (χ4n) is 8.28. The smallest absolute Gasteiger partial charge is 0.0562 e. The molecule has 3 nitrogen and oxygen atoms in total. The van der Waals surface area contributed by atoms with Crippen molar-refractivity contribution in [2.45, 2.75) is 0 Å². The Morgan fingerprint density at radius 2 is 0.885 bits per heavy atom. The van der Waals surface area contributed by atoms with Gasteiger partial charge in [0.1, 0.15) is 0 Å². The maximum atomic E-state index is 2.47. The number of para-hydroxylation sites is 4. The fraction of sp³-hybridized carbons (Fsp3) is 0. The Hall–Kier alpha value is -6.62. The van der Waals surface area contributed by atoms with Gasteiger partial charge in [-0.2, -0.15) is 0 Å². The summed E-state index contributed by atoms with van der Waals surface area (Å²) < 4.78 is 7.41. The molecule has 11 aromatic rings. The molecule has 0 fully saturated rings. The lowest BCUT2D eigenvalue weighted by atomic mass is 10.1. The van der Waals surface area contributed by atoms with Crippen molar-refractivity contribution in [1.82, 2.24) is 9.13 Å². The third-order valence-electron chi connectivity index (χ3n) is 10.5. The molecular formula is C48H31N3S. The molecule has 244 valence electrons. The Kier molecular flexibility index (Phi) is 6.42. The van der Waals surface area contributed by atoms with Crippen molar-refractivity contribution in [2.24, 2.45) is 0 Å². The molecule has 0 N–H and O–H groups in total. The molecule has 0 bridgehead atoms. The Balaban J connectivity index is 1.25. The van der Waals surface area contributed by atoms with E-state index in [1.807, 2.05) is 11.3 Å². The van der Waals surface area contributed by atoms with Crippen molar-refractivity contribution < 1.29 is 0 Å². The molecule has 11 rings (SSSR count). The lowest BCUT2D eigenvalue weighted by molar-refractivity contribution is 1.18. The van der Waals surface area contributed by atoms with E-state index >= 15 is 0 Å². The Morgan fingerprint density at radius 3 is 1.65 bits per heavy atom. The molecule has 0 saturated heterocycles. The summed E-state index contributed by atoms with van der Waals surface area (Å²) in [6.07, 6.45) is 0. The first kappa shape index (κ1) is 29.1. The number of anilines is 3. The van der Waals surface area contributed by atoms with E-state index in [0.717, 1.165) is 28.4 Å². The molecule has 0 aliphatic rings. The first-order valence-corrected chi connectivity index (χ1v) is 18.5. The normalized spacial score (nSPS) is 11.8. The molecule has 0 unspecified atom stereocenters. The summed E-state index contributed by atoms with van der Waals surface area (Å²) in [6, 6.07) is 68.5. The molecule has 0 atom stereocenters. The zero-order valence-electron chi connectivity index (χ0n) is 28.1. The van der Waals surface area contributed by atoms with Crippen LogP contribution in [0.1, 0.15) is 0 Å². The van der Waals surface area contributed by atoms with Gasteiger partial charge in [-0.1, -0.05) is 103 Å². The zero-order chi connectivity index (χ0) is 34.2. The van der Waals surface area contributed by atoms with Crippen LogP contribution in [0, 0.1) is 0 Å². The van der Waals surface area contributed by atoms with Crippen LogP contribution in [0.2, 0.25) is 0 Å². The van der Waals surface area contributed by atoms with Crippen LogP contribution >= 0.6 is 11.3 Å². The number of fused-ring (bicyclic) bond motifs is 9. The van der Waals surface area contributed by atoms with Gasteiger partial charge in [0.2, 0.25) is 0 Å². The van der Waals surface area contributed by atoms with Crippen molar-refractivity contribution in [2.75, 3.05) is 4.90 Å². The number of aromatic nitrogens is 2. The molecule has 0 spiro atoms. The van der Waals surface area contributed by atoms with E-state index in [9.17, 15) is 0 Å². The van der Waals surface area contributed by atoms with Gasteiger partial charge in [0.05, 0.1) is 27.8 Å². The Labute approximate surface area is 304 Å². The molecule has 3 heterocycles. The summed E-state index contributed by atoms with van der Waals surface area (Å²) in [7, 11) is 0. The highest BCUT2D eigenvalue weighted by Crippen LogP contribution is 2.46. The van der Waals surface area contributed by atoms with Gasteiger partial charge < -0.3 is 14.0 Å². The highest BCUT2D eigenvalue weighted by Gasteiger charge is 2.23. The van der Waals surface area contributed by atoms with Crippen LogP contribution < -0.4 is 4.90 Å². The largest absolute Gasteiger partial charge is 0.310 e. The van der Waals surface area contributed by atoms with E-state index in [1.165, 1.54) is 63.8 Å². The third kappa shape index (κ3) is 4.31. The van der Waals surface area contributed by atoms with E-state index < -0.39 is 0 Å². The van der Waals surface area contributed by atoms with Crippen LogP contribution in [0.3, 0.4) is 0 Å². The van der Waals surface area contributed by atoms with E-state index in [1.54, 1.807) is 0 Å². The Bertz CT molecular complexity index is 3130. The second-order valence-corrected chi connectivity index (χ2v) is 14.4. The van der Waals surface area contributed by atoms with Crippen LogP contribution in [0.4, 0.5) is 17.1 Å². The summed E-state index contributed by atoms with van der Waals surface area (Å²) in [5.41, 5.74) is 10.4. The minimum atomic E-state index is 1.11. The lowest BCUT2D eigenvalue weighted by Gasteiger charge is -2.27. The predicted octanol–water partition coefficient (Wildman–Crippen LogP) is 13.7. The Morgan fingerprint density at radius 1 is 0.346 bits per heavy atom. The van der Waals surface area contributed by atoms with Crippen LogP contribution in [0.25, 0.3) is 75.2 Å². The predicted molar refractivity (Wildman–Crippen MR) is 223 cm³/mol. The molecule has 0 aliphatic carbocycles. The second-order valence-electron chi connectivity index (χ2n) is 13.4. The van der Waals surface area contributed by atoms with Crippen molar-refractivity contribution in [1.29, 1.82) is 0 Å². The number of rotatable bonds is 5. The van der Waals surface area contributed by atoms with E-state index in [0.29, 0.717) is 0 Å². The van der Waals surface area contributed by atoms with Gasteiger partial charge in [-0.05, 0) is 84.9 Å². The third-order valence-corrected chi connectivity index (χ3v) is 11.6. The van der Waals surface area contributed by atoms with E-state index in [2.05, 4.69) is 202 Å². The van der Waals surface area contributed by atoms with Gasteiger partial charge >= 0.3 is 0 Å². The summed E-state index contributed by atoms with van der Waals surface area (Å²) in [4.78, 5) is 2.47. The number of benzene rings is 8. The van der Waals surface area contributed by atoms with Gasteiger partial charge in [0, 0.05) is 64.5 Å². The first-order chi connectivity index (χ1) is 25.8. The van der Waals surface area contributed by atoms with Crippen molar-refractivity contribution in [3.05, 3.63) is 188 Å². The second kappa shape index (κ2) is 11.5. The zero-order valence-corrected chi connectivity index (χ0v) is 29.0. The topological polar surface area (TPSA) is 13.1 Å². The van der Waals surface area contributed by atoms with Crippen LogP contribution in [0.5, 0.6) is 0 Å². The molecule has 0 amide bonds. The molecule has 8 aromatic carbocycles. The molecule has 4 heteroatoms. The molecule has 0 aliphatic heterocycles. The van der Waals surface area contributed by atoms with Gasteiger partial charge in [0.15, 0.2) is 0 Å². The average Bonchev–Trinajstić information content (AvgIpc) is 3.86. The number of thiophene rings is 1. The fourth-order valence-corrected chi connectivity index (χ4v) is 9.36. The highest BCUT2D eigenvalue weighted by atomic mass is 32.1. The summed E-state index contributed by atoms with van der Waals surface area (Å²) >= 11 is 1.86. The quantitative estimate of drug-likeness (QED) is 0.176. The average molecular weight is 682 g/mol. The maximum Gasteiger partial charge on any atom is 0.0562 e. The molecule has 0 saturated carbocycles. The maximum absolute atomic E-state index is 2.47. The van der Waals surface area contributed by atoms with Gasteiger partial charge in [-0.25, -0.2) is 0 Å². The van der Waals surface area contributed by atoms with Gasteiger partial charge in [0.25, 0.3) is 0 Å². The first-order valence-electron chi connectivity index (χ1n) is 17.7. The summed E-state index contributed by atoms with van der Waals surface area (Å²) in [6.45, 7) is 0. The van der Waals surface area contributed by atoms with Crippen molar-refractivity contribution in [3.63, 3.8) is 0 Å².